The molecular weight excluding hydrogens is 244 g/mol. The first kappa shape index (κ1) is 14.0. The molecule has 0 aromatic heterocycles. The fraction of sp³-hybridized carbons (Fsp3) is 0.909. The van der Waals surface area contributed by atoms with E-state index in [1.165, 1.54) is 13.8 Å². The van der Waals surface area contributed by atoms with Gasteiger partial charge in [0.2, 0.25) is 0 Å². The Morgan fingerprint density at radius 3 is 2.25 bits per heavy atom. The molecule has 1 fully saturated rings. The van der Waals surface area contributed by atoms with Crippen LogP contribution in [-0.2, 0) is 14.6 Å². The molecule has 94 valence electrons. The fourth-order valence-corrected chi connectivity index (χ4v) is 3.37. The number of carbonyl (C=O) groups excluding carboxylic acids is 1. The third-order valence-electron chi connectivity index (χ3n) is 3.41. The van der Waals surface area contributed by atoms with Gasteiger partial charge in [0.15, 0.2) is 15.6 Å². The van der Waals surface area contributed by atoms with Crippen LogP contribution in [0.4, 0.5) is 0 Å². The van der Waals surface area contributed by atoms with Crippen molar-refractivity contribution >= 4 is 27.4 Å². The Balaban J connectivity index is 2.64. The second-order valence-electron chi connectivity index (χ2n) is 4.97. The minimum atomic E-state index is -3.31. The van der Waals surface area contributed by atoms with Crippen molar-refractivity contribution in [3.63, 3.8) is 0 Å². The monoisotopic (exact) mass is 264 g/mol. The van der Waals surface area contributed by atoms with Crippen molar-refractivity contribution in [3.05, 3.63) is 0 Å². The lowest BCUT2D eigenvalue weighted by Gasteiger charge is -2.26. The summed E-state index contributed by atoms with van der Waals surface area (Å²) in [5.74, 6) is 2.44. The topological polar surface area (TPSA) is 51.2 Å². The summed E-state index contributed by atoms with van der Waals surface area (Å²) in [7, 11) is -3.31. The summed E-state index contributed by atoms with van der Waals surface area (Å²) in [5.41, 5.74) is 0. The van der Waals surface area contributed by atoms with E-state index in [1.807, 2.05) is 11.8 Å². The minimum absolute atomic E-state index is 0.132. The van der Waals surface area contributed by atoms with Crippen molar-refractivity contribution in [1.82, 2.24) is 0 Å². The van der Waals surface area contributed by atoms with Crippen LogP contribution in [0.2, 0.25) is 0 Å². The lowest BCUT2D eigenvalue weighted by molar-refractivity contribution is -0.121. The normalized spacial score (nSPS) is 19.7. The van der Waals surface area contributed by atoms with Crippen LogP contribution in [0.1, 0.15) is 33.1 Å². The maximum absolute atomic E-state index is 12.0. The Bertz CT molecular complexity index is 351. The van der Waals surface area contributed by atoms with Gasteiger partial charge in [-0.1, -0.05) is 0 Å². The van der Waals surface area contributed by atoms with Gasteiger partial charge in [0, 0.05) is 12.7 Å². The van der Waals surface area contributed by atoms with Crippen molar-refractivity contribution < 1.29 is 13.2 Å². The van der Waals surface area contributed by atoms with Crippen LogP contribution in [-0.4, -0.2) is 36.7 Å². The third-order valence-corrected chi connectivity index (χ3v) is 6.54. The van der Waals surface area contributed by atoms with Crippen LogP contribution >= 0.6 is 11.8 Å². The summed E-state index contributed by atoms with van der Waals surface area (Å²) in [6, 6.07) is 0. The molecule has 16 heavy (non-hydrogen) atoms. The second-order valence-corrected chi connectivity index (χ2v) is 8.76. The Hall–Kier alpha value is -0.0300. The smallest absolute Gasteiger partial charge is 0.159 e. The van der Waals surface area contributed by atoms with E-state index in [1.54, 1.807) is 0 Å². The van der Waals surface area contributed by atoms with Crippen molar-refractivity contribution in [1.29, 1.82) is 0 Å². The molecule has 1 aliphatic heterocycles. The van der Waals surface area contributed by atoms with Crippen molar-refractivity contribution in [3.8, 4) is 0 Å². The van der Waals surface area contributed by atoms with Gasteiger partial charge in [-0.25, -0.2) is 8.42 Å². The van der Waals surface area contributed by atoms with Crippen LogP contribution in [0.15, 0.2) is 0 Å². The molecule has 0 spiro atoms. The number of thioether (sulfide) groups is 1. The molecule has 1 heterocycles. The van der Waals surface area contributed by atoms with Crippen LogP contribution in [0.25, 0.3) is 0 Å². The van der Waals surface area contributed by atoms with Crippen molar-refractivity contribution in [2.24, 2.45) is 5.92 Å². The number of carbonyl (C=O) groups is 1. The van der Waals surface area contributed by atoms with Gasteiger partial charge in [-0.2, -0.15) is 11.8 Å². The highest BCUT2D eigenvalue weighted by Gasteiger charge is 2.38. The van der Waals surface area contributed by atoms with Gasteiger partial charge in [-0.05, 0) is 44.1 Å². The van der Waals surface area contributed by atoms with Crippen LogP contribution in [0, 0.1) is 5.92 Å². The van der Waals surface area contributed by atoms with E-state index < -0.39 is 14.6 Å². The molecule has 3 nitrogen and oxygen atoms in total. The quantitative estimate of drug-likeness (QED) is 0.778. The standard InChI is InChI=1S/C11H20O3S2/c1-11(2,16(3,13)14)10(12)8-9-4-6-15-7-5-9/h9H,4-8H2,1-3H3. The number of rotatable bonds is 4. The summed E-state index contributed by atoms with van der Waals surface area (Å²) in [5, 5.41) is 0. The van der Waals surface area contributed by atoms with Gasteiger partial charge in [0.25, 0.3) is 0 Å². The number of sulfone groups is 1. The molecule has 1 aliphatic rings. The molecule has 0 radical (unpaired) electrons. The molecule has 0 aromatic rings. The maximum Gasteiger partial charge on any atom is 0.159 e. The minimum Gasteiger partial charge on any atom is -0.298 e. The van der Waals surface area contributed by atoms with E-state index in [2.05, 4.69) is 0 Å². The van der Waals surface area contributed by atoms with Gasteiger partial charge >= 0.3 is 0 Å². The molecule has 0 N–H and O–H groups in total. The first-order valence-electron chi connectivity index (χ1n) is 5.56. The van der Waals surface area contributed by atoms with Gasteiger partial charge in [-0.15, -0.1) is 0 Å². The van der Waals surface area contributed by atoms with Gasteiger partial charge in [0.1, 0.15) is 4.75 Å². The van der Waals surface area contributed by atoms with Crippen molar-refractivity contribution in [2.75, 3.05) is 17.8 Å². The van der Waals surface area contributed by atoms with Crippen LogP contribution < -0.4 is 0 Å². The molecule has 0 unspecified atom stereocenters. The summed E-state index contributed by atoms with van der Waals surface area (Å²) in [6.45, 7) is 3.03. The van der Waals surface area contributed by atoms with Gasteiger partial charge in [0.05, 0.1) is 0 Å². The molecule has 5 heteroatoms. The van der Waals surface area contributed by atoms with E-state index in [9.17, 15) is 13.2 Å². The predicted octanol–water partition coefficient (Wildman–Crippen LogP) is 1.91. The third kappa shape index (κ3) is 3.23. The highest BCUT2D eigenvalue weighted by atomic mass is 32.2. The Kier molecular flexibility index (Phi) is 4.46. The zero-order valence-electron chi connectivity index (χ0n) is 10.2. The number of ketones is 1. The Labute approximate surface area is 102 Å². The molecule has 0 aromatic carbocycles. The Morgan fingerprint density at radius 2 is 1.81 bits per heavy atom. The zero-order valence-corrected chi connectivity index (χ0v) is 11.8. The molecule has 0 atom stereocenters. The van der Waals surface area contributed by atoms with Crippen LogP contribution in [0.5, 0.6) is 0 Å². The first-order chi connectivity index (χ1) is 7.25. The average Bonchev–Trinajstić information content (AvgIpc) is 2.17. The zero-order chi connectivity index (χ0) is 12.4. The lowest BCUT2D eigenvalue weighted by atomic mass is 9.92. The lowest BCUT2D eigenvalue weighted by Crippen LogP contribution is -2.41. The average molecular weight is 264 g/mol. The molecule has 0 aliphatic carbocycles. The molecule has 0 amide bonds. The predicted molar refractivity (Wildman–Crippen MR) is 68.6 cm³/mol. The highest BCUT2D eigenvalue weighted by Crippen LogP contribution is 2.28. The van der Waals surface area contributed by atoms with E-state index in [4.69, 9.17) is 0 Å². The summed E-state index contributed by atoms with van der Waals surface area (Å²) >= 11 is 1.91. The number of hydrogen-bond acceptors (Lipinski definition) is 4. The molecule has 0 bridgehead atoms. The Morgan fingerprint density at radius 1 is 1.31 bits per heavy atom. The SMILES string of the molecule is CC(C)(C(=O)CC1CCSCC1)S(C)(=O)=O. The van der Waals surface area contributed by atoms with Gasteiger partial charge < -0.3 is 0 Å². The molecule has 1 rings (SSSR count). The van der Waals surface area contributed by atoms with E-state index >= 15 is 0 Å². The summed E-state index contributed by atoms with van der Waals surface area (Å²) in [6.07, 6.45) is 3.63. The number of hydrogen-bond donors (Lipinski definition) is 0. The number of Topliss-reactive ketones (excluding diaryl/α,β-unsaturated/α-hetero) is 1. The molecule has 1 saturated heterocycles. The highest BCUT2D eigenvalue weighted by molar-refractivity contribution is 7.99. The summed E-state index contributed by atoms with van der Waals surface area (Å²) in [4.78, 5) is 12.0. The molecular formula is C11H20O3S2. The first-order valence-corrected chi connectivity index (χ1v) is 8.60. The largest absolute Gasteiger partial charge is 0.298 e. The second kappa shape index (κ2) is 5.08. The van der Waals surface area contributed by atoms with E-state index in [0.717, 1.165) is 30.6 Å². The van der Waals surface area contributed by atoms with Crippen LogP contribution in [0.3, 0.4) is 0 Å². The van der Waals surface area contributed by atoms with Crippen molar-refractivity contribution in [2.45, 2.75) is 37.9 Å². The van der Waals surface area contributed by atoms with E-state index in [0.29, 0.717) is 12.3 Å². The maximum atomic E-state index is 12.0. The fourth-order valence-electron chi connectivity index (χ4n) is 1.67. The summed E-state index contributed by atoms with van der Waals surface area (Å²) < 4.78 is 21.8. The van der Waals surface area contributed by atoms with E-state index in [-0.39, 0.29) is 5.78 Å². The van der Waals surface area contributed by atoms with Gasteiger partial charge in [-0.3, -0.25) is 4.79 Å². The molecule has 0 saturated carbocycles.